The molecule has 31 heteroatoms. The topological polar surface area (TPSA) is 337 Å². The number of benzene rings is 8. The van der Waals surface area contributed by atoms with Crippen molar-refractivity contribution in [2.75, 3.05) is 17.7 Å². The van der Waals surface area contributed by atoms with Crippen molar-refractivity contribution in [2.24, 2.45) is 40.9 Å². The summed E-state index contributed by atoms with van der Waals surface area (Å²) in [7, 11) is -7.78. The van der Waals surface area contributed by atoms with Gasteiger partial charge in [0.05, 0.1) is 73.7 Å². The van der Waals surface area contributed by atoms with Crippen LogP contribution in [0, 0.1) is 6.92 Å². The summed E-state index contributed by atoms with van der Waals surface area (Å²) in [6.45, 7) is 1.98. The van der Waals surface area contributed by atoms with Gasteiger partial charge in [0.2, 0.25) is 0 Å². The second-order valence-electron chi connectivity index (χ2n) is 14.8. The van der Waals surface area contributed by atoms with Gasteiger partial charge >= 0.3 is 81.5 Å². The first-order valence-corrected chi connectivity index (χ1v) is 25.2. The summed E-state index contributed by atoms with van der Waals surface area (Å²) in [5.74, 6) is 0. The minimum atomic E-state index is -4.68. The van der Waals surface area contributed by atoms with E-state index in [1.54, 1.807) is 84.9 Å². The predicted octanol–water partition coefficient (Wildman–Crippen LogP) is -0.123. The fourth-order valence-corrected chi connectivity index (χ4v) is 8.20. The van der Waals surface area contributed by atoms with Crippen LogP contribution >= 0.6 is 24.1 Å². The van der Waals surface area contributed by atoms with E-state index < -0.39 is 30.0 Å². The summed E-state index contributed by atoms with van der Waals surface area (Å²) in [6, 6.07) is 41.3. The zero-order valence-corrected chi connectivity index (χ0v) is 45.3. The molecule has 0 aliphatic rings. The van der Waals surface area contributed by atoms with E-state index in [0.29, 0.717) is 65.8 Å². The van der Waals surface area contributed by atoms with Crippen LogP contribution in [0.4, 0.5) is 56.0 Å². The van der Waals surface area contributed by atoms with Gasteiger partial charge in [0.1, 0.15) is 20.2 Å². The van der Waals surface area contributed by atoms with Crippen molar-refractivity contribution in [3.8, 4) is 0 Å². The van der Waals surface area contributed by atoms with Crippen molar-refractivity contribution in [3.05, 3.63) is 163 Å². The summed E-state index contributed by atoms with van der Waals surface area (Å²) >= 11 is 1.52. The average molecular weight is 1100 g/mol. The van der Waals surface area contributed by atoms with Gasteiger partial charge in [-0.2, -0.15) is 34.2 Å². The van der Waals surface area contributed by atoms with Crippen LogP contribution in [-0.4, -0.2) is 39.0 Å². The quantitative estimate of drug-likeness (QED) is 0.0300. The van der Waals surface area contributed by atoms with Gasteiger partial charge in [0.25, 0.3) is 0 Å². The van der Waals surface area contributed by atoms with E-state index in [0.717, 1.165) is 47.2 Å². The van der Waals surface area contributed by atoms with E-state index >= 15 is 0 Å². The Labute approximate surface area is 502 Å². The molecule has 0 heterocycles. The van der Waals surface area contributed by atoms with Gasteiger partial charge in [-0.1, -0.05) is 29.8 Å². The second-order valence-corrected chi connectivity index (χ2v) is 19.2. The Morgan fingerprint density at radius 1 is 0.449 bits per heavy atom. The molecule has 78 heavy (non-hydrogen) atoms. The van der Waals surface area contributed by atoms with E-state index in [1.807, 2.05) is 31.2 Å². The number of anilines is 2. The van der Waals surface area contributed by atoms with Crippen molar-refractivity contribution in [1.82, 2.24) is 0 Å². The molecular formula is C47H34Li4N10O13S4. The number of hydrogen-bond acceptors (Lipinski definition) is 23. The monoisotopic (exact) mass is 1100 g/mol. The molecule has 2 N–H and O–H groups in total. The number of fused-ring (bicyclic) bond motifs is 2. The number of nitrogens with one attached hydrogen (secondary N) is 2. The molecule has 378 valence electrons. The molecule has 23 nitrogen and oxygen atoms in total. The molecule has 8 rings (SSSR count). The summed E-state index contributed by atoms with van der Waals surface area (Å²) in [6.07, 6.45) is 0. The first-order chi connectivity index (χ1) is 35.6. The summed E-state index contributed by atoms with van der Waals surface area (Å²) in [5.41, 5.74) is 5.54. The molecule has 0 spiro atoms. The molecule has 8 aromatic carbocycles. The normalized spacial score (nSPS) is 11.4. The molecule has 8 aromatic rings. The Morgan fingerprint density at radius 2 is 0.821 bits per heavy atom. The van der Waals surface area contributed by atoms with Gasteiger partial charge in [-0.05, 0) is 140 Å². The molecular weight excluding hydrogens is 1070 g/mol. The van der Waals surface area contributed by atoms with Crippen LogP contribution in [0.25, 0.3) is 21.5 Å². The van der Waals surface area contributed by atoms with Crippen molar-refractivity contribution in [2.45, 2.75) is 26.5 Å². The van der Waals surface area contributed by atoms with Gasteiger partial charge in [-0.25, -0.2) is 21.6 Å². The SMILES string of the molecule is CN=Nc1ccc(N=Nc2ccc(S(=O)(=O)[O-])cc2)c2cc(S(=O)(=O)[O-])ccc12.Cc1ccc(NC(=O)Nc2ccc(N=Nc3ccc(N=Nc4ccc(SOO[O-])cc4)c4cc(SOO[O-])ccc34)cc2)cc1.[Li+].[Li+].[Li+].[Li+]. The molecule has 0 unspecified atom stereocenters. The van der Waals surface area contributed by atoms with Crippen LogP contribution in [-0.2, 0) is 39.0 Å². The fourth-order valence-electron chi connectivity index (χ4n) is 6.49. The van der Waals surface area contributed by atoms with Crippen molar-refractivity contribution < 1.29 is 135 Å². The molecule has 0 saturated heterocycles. The number of carbonyl (C=O) groups is 1. The molecule has 0 aliphatic heterocycles. The molecule has 0 saturated carbocycles. The third kappa shape index (κ3) is 19.5. The third-order valence-electron chi connectivity index (χ3n) is 9.91. The van der Waals surface area contributed by atoms with Gasteiger partial charge < -0.3 is 30.3 Å². The van der Waals surface area contributed by atoms with Gasteiger partial charge in [-0.3, -0.25) is 10.1 Å². The summed E-state index contributed by atoms with van der Waals surface area (Å²) < 4.78 is 75.8. The first-order valence-electron chi connectivity index (χ1n) is 20.9. The number of nitrogens with zero attached hydrogens (tertiary/aromatic N) is 8. The maximum absolute atomic E-state index is 12.3. The van der Waals surface area contributed by atoms with Gasteiger partial charge in [0, 0.05) is 49.8 Å². The average Bonchev–Trinajstić information content (AvgIpc) is 3.39. The Kier molecular flexibility index (Phi) is 27.5. The molecule has 2 amide bonds. The molecule has 0 aromatic heterocycles. The fraction of sp³-hybridized carbons (Fsp3) is 0.0426. The maximum atomic E-state index is 12.3. The number of hydrogen-bond donors (Lipinski definition) is 2. The van der Waals surface area contributed by atoms with Crippen LogP contribution in [0.1, 0.15) is 5.56 Å². The second kappa shape index (κ2) is 32.0. The molecule has 0 radical (unpaired) electrons. The van der Waals surface area contributed by atoms with Crippen LogP contribution < -0.4 is 96.6 Å². The van der Waals surface area contributed by atoms with E-state index in [2.05, 4.69) is 70.3 Å². The Bertz CT molecular complexity index is 3650. The van der Waals surface area contributed by atoms with Crippen molar-refractivity contribution >= 4 is 123 Å². The summed E-state index contributed by atoms with van der Waals surface area (Å²) in [4.78, 5) is 12.7. The van der Waals surface area contributed by atoms with Crippen LogP contribution in [0.15, 0.2) is 218 Å². The predicted molar refractivity (Wildman–Crippen MR) is 266 cm³/mol. The largest absolute Gasteiger partial charge is 1.00 e. The molecule has 0 aliphatic carbocycles. The molecule has 0 atom stereocenters. The molecule has 0 fully saturated rings. The maximum Gasteiger partial charge on any atom is 1.00 e. The van der Waals surface area contributed by atoms with Crippen molar-refractivity contribution in [3.63, 3.8) is 0 Å². The number of rotatable bonds is 17. The Hall–Kier alpha value is -5.38. The van der Waals surface area contributed by atoms with Crippen LogP contribution in [0.5, 0.6) is 0 Å². The minimum Gasteiger partial charge on any atom is -0.744 e. The number of carbonyl (C=O) groups excluding carboxylic acids is 1. The van der Waals surface area contributed by atoms with Crippen molar-refractivity contribution in [1.29, 1.82) is 0 Å². The van der Waals surface area contributed by atoms with Gasteiger partial charge in [0.15, 0.2) is 0 Å². The first kappa shape index (κ1) is 66.9. The van der Waals surface area contributed by atoms with E-state index in [9.17, 15) is 41.3 Å². The van der Waals surface area contributed by atoms with E-state index in [-0.39, 0.29) is 92.8 Å². The third-order valence-corrected chi connectivity index (χ3v) is 12.8. The number of aryl methyl sites for hydroxylation is 1. The Balaban J connectivity index is 0.000000424. The zero-order chi connectivity index (χ0) is 52.7. The smallest absolute Gasteiger partial charge is 0.744 e. The summed E-state index contributed by atoms with van der Waals surface area (Å²) in [5, 5.41) is 68.1. The van der Waals surface area contributed by atoms with Gasteiger partial charge in [-0.15, -0.1) is 15.3 Å². The number of amides is 2. The number of azo groups is 4. The standard InChI is InChI=1S/C30H24N6O7S2.C17H14N4O6S2.4Li/c1-19-2-4-20(5-3-19)31-30(37)32-21-6-8-22(9-7-21)33-35-28-16-17-29(27-18-25(45-43-41-39)14-15-26(27)28)36-34-23-10-12-24(13-11-23)44-42-40-38;1-18-20-16-8-9-17(15-10-13(29(25,26)27)6-7-14(15)16)21-19-11-2-4-12(5-3-11)28(22,23)24;;;;/h2-18,38-39H,1H3,(H2,31,32,37);2-10H,1H3,(H,22,23,24)(H,25,26,27);;;;/q;;4*+1/p-4. The minimum absolute atomic E-state index is 0. The van der Waals surface area contributed by atoms with Crippen LogP contribution in [0.2, 0.25) is 0 Å². The van der Waals surface area contributed by atoms with E-state index in [1.165, 1.54) is 43.4 Å². The zero-order valence-electron chi connectivity index (χ0n) is 42.0. The van der Waals surface area contributed by atoms with E-state index in [4.69, 9.17) is 0 Å². The Morgan fingerprint density at radius 3 is 1.28 bits per heavy atom. The number of urea groups is 1. The molecule has 0 bridgehead atoms. The van der Waals surface area contributed by atoms with Crippen LogP contribution in [0.3, 0.4) is 0 Å².